The van der Waals surface area contributed by atoms with E-state index in [2.05, 4.69) is 10.3 Å². The van der Waals surface area contributed by atoms with E-state index in [1.165, 1.54) is 0 Å². The Labute approximate surface area is 125 Å². The normalized spacial score (nSPS) is 11.1. The van der Waals surface area contributed by atoms with E-state index in [9.17, 15) is 4.79 Å². The van der Waals surface area contributed by atoms with Gasteiger partial charge < -0.3 is 14.2 Å². The highest BCUT2D eigenvalue weighted by Crippen LogP contribution is 2.22. The molecule has 0 saturated carbocycles. The average Bonchev–Trinajstić information content (AvgIpc) is 3.08. The summed E-state index contributed by atoms with van der Waals surface area (Å²) in [7, 11) is 0. The van der Waals surface area contributed by atoms with Crippen molar-refractivity contribution in [1.29, 1.82) is 0 Å². The predicted octanol–water partition coefficient (Wildman–Crippen LogP) is 4.13. The highest BCUT2D eigenvalue weighted by Gasteiger charge is 2.13. The van der Waals surface area contributed by atoms with Gasteiger partial charge in [-0.3, -0.25) is 4.79 Å². The van der Waals surface area contributed by atoms with Crippen molar-refractivity contribution in [2.45, 2.75) is 6.92 Å². The number of carbonyl (C=O) groups excluding carboxylic acids is 1. The molecule has 22 heavy (non-hydrogen) atoms. The summed E-state index contributed by atoms with van der Waals surface area (Å²) in [5.74, 6) is 0.567. The summed E-state index contributed by atoms with van der Waals surface area (Å²) in [5.41, 5.74) is 2.72. The Morgan fingerprint density at radius 2 is 1.91 bits per heavy atom. The fraction of sp³-hybridized carbons (Fsp3) is 0.0588. The Bertz CT molecular complexity index is 964. The second kappa shape index (κ2) is 4.73. The van der Waals surface area contributed by atoms with Crippen LogP contribution in [0.15, 0.2) is 57.4 Å². The van der Waals surface area contributed by atoms with Gasteiger partial charge in [0, 0.05) is 24.1 Å². The van der Waals surface area contributed by atoms with Crippen molar-refractivity contribution in [3.8, 4) is 0 Å². The smallest absolute Gasteiger partial charge is 0.291 e. The van der Waals surface area contributed by atoms with E-state index in [1.807, 2.05) is 24.3 Å². The third-order valence-corrected chi connectivity index (χ3v) is 3.40. The Kier molecular flexibility index (Phi) is 2.72. The summed E-state index contributed by atoms with van der Waals surface area (Å²) in [6.45, 7) is 1.78. The molecular weight excluding hydrogens is 280 g/mol. The van der Waals surface area contributed by atoms with Crippen LogP contribution in [0, 0.1) is 6.92 Å². The van der Waals surface area contributed by atoms with Crippen molar-refractivity contribution in [2.75, 3.05) is 5.32 Å². The summed E-state index contributed by atoms with van der Waals surface area (Å²) in [5, 5.41) is 3.70. The molecule has 108 valence electrons. The number of nitrogens with zero attached hydrogens (tertiary/aromatic N) is 1. The lowest BCUT2D eigenvalue weighted by Gasteiger charge is -2.02. The second-order valence-corrected chi connectivity index (χ2v) is 5.02. The molecule has 0 fully saturated rings. The number of anilines is 1. The Morgan fingerprint density at radius 1 is 1.05 bits per heavy atom. The topological polar surface area (TPSA) is 68.3 Å². The SMILES string of the molecule is Cc1nc2ccc(NC(=O)c3cc4ccccc4o3)cc2o1. The van der Waals surface area contributed by atoms with Crippen molar-refractivity contribution in [2.24, 2.45) is 0 Å². The molecule has 0 saturated heterocycles. The third kappa shape index (κ3) is 2.13. The number of nitrogens with one attached hydrogen (secondary N) is 1. The van der Waals surface area contributed by atoms with Gasteiger partial charge in [0.15, 0.2) is 17.2 Å². The number of aryl methyl sites for hydroxylation is 1. The van der Waals surface area contributed by atoms with Crippen LogP contribution >= 0.6 is 0 Å². The molecule has 0 radical (unpaired) electrons. The van der Waals surface area contributed by atoms with Crippen molar-refractivity contribution < 1.29 is 13.6 Å². The number of hydrogen-bond donors (Lipinski definition) is 1. The fourth-order valence-corrected chi connectivity index (χ4v) is 2.40. The molecule has 0 aliphatic carbocycles. The number of hydrogen-bond acceptors (Lipinski definition) is 4. The molecule has 0 spiro atoms. The Balaban J connectivity index is 1.64. The van der Waals surface area contributed by atoms with Gasteiger partial charge in [-0.2, -0.15) is 0 Å². The molecule has 1 N–H and O–H groups in total. The quantitative estimate of drug-likeness (QED) is 0.603. The van der Waals surface area contributed by atoms with Gasteiger partial charge >= 0.3 is 0 Å². The number of amides is 1. The van der Waals surface area contributed by atoms with E-state index >= 15 is 0 Å². The number of aromatic nitrogens is 1. The van der Waals surface area contributed by atoms with Gasteiger partial charge in [-0.15, -0.1) is 0 Å². The van der Waals surface area contributed by atoms with Crippen LogP contribution in [0.25, 0.3) is 22.1 Å². The third-order valence-electron chi connectivity index (χ3n) is 3.40. The predicted molar refractivity (Wildman–Crippen MR) is 82.9 cm³/mol. The first kappa shape index (κ1) is 12.6. The zero-order valence-electron chi connectivity index (χ0n) is 11.8. The lowest BCUT2D eigenvalue weighted by molar-refractivity contribution is 0.0998. The summed E-state index contributed by atoms with van der Waals surface area (Å²) in [6.07, 6.45) is 0. The summed E-state index contributed by atoms with van der Waals surface area (Å²) >= 11 is 0. The van der Waals surface area contributed by atoms with Crippen molar-refractivity contribution in [3.05, 3.63) is 60.2 Å². The van der Waals surface area contributed by atoms with Crippen LogP contribution < -0.4 is 5.32 Å². The molecule has 2 heterocycles. The van der Waals surface area contributed by atoms with Gasteiger partial charge in [0.25, 0.3) is 5.91 Å². The van der Waals surface area contributed by atoms with Gasteiger partial charge in [0.1, 0.15) is 11.1 Å². The number of carbonyl (C=O) groups is 1. The first-order chi connectivity index (χ1) is 10.7. The summed E-state index contributed by atoms with van der Waals surface area (Å²) < 4.78 is 11.0. The molecular formula is C17H12N2O3. The van der Waals surface area contributed by atoms with Gasteiger partial charge in [-0.05, 0) is 24.3 Å². The molecule has 0 bridgehead atoms. The molecule has 1 amide bonds. The largest absolute Gasteiger partial charge is 0.451 e. The first-order valence-corrected chi connectivity index (χ1v) is 6.86. The molecule has 2 aromatic heterocycles. The van der Waals surface area contributed by atoms with E-state index in [-0.39, 0.29) is 11.7 Å². The number of para-hydroxylation sites is 1. The number of fused-ring (bicyclic) bond motifs is 2. The monoisotopic (exact) mass is 292 g/mol. The molecule has 4 aromatic rings. The molecule has 0 aliphatic heterocycles. The van der Waals surface area contributed by atoms with Gasteiger partial charge in [0.2, 0.25) is 0 Å². The van der Waals surface area contributed by atoms with Crippen LogP contribution in [0.5, 0.6) is 0 Å². The highest BCUT2D eigenvalue weighted by atomic mass is 16.4. The minimum atomic E-state index is -0.299. The van der Waals surface area contributed by atoms with Crippen LogP contribution in [0.4, 0.5) is 5.69 Å². The van der Waals surface area contributed by atoms with Crippen molar-refractivity contribution in [3.63, 3.8) is 0 Å². The molecule has 4 rings (SSSR count). The minimum absolute atomic E-state index is 0.273. The molecule has 5 heteroatoms. The van der Waals surface area contributed by atoms with Crippen molar-refractivity contribution in [1.82, 2.24) is 4.98 Å². The highest BCUT2D eigenvalue weighted by molar-refractivity contribution is 6.05. The maximum Gasteiger partial charge on any atom is 0.291 e. The van der Waals surface area contributed by atoms with Gasteiger partial charge in [-0.25, -0.2) is 4.98 Å². The van der Waals surface area contributed by atoms with Crippen LogP contribution in [-0.2, 0) is 0 Å². The van der Waals surface area contributed by atoms with Gasteiger partial charge in [-0.1, -0.05) is 18.2 Å². The molecule has 0 atom stereocenters. The second-order valence-electron chi connectivity index (χ2n) is 5.02. The van der Waals surface area contributed by atoms with Crippen LogP contribution in [0.1, 0.15) is 16.4 Å². The minimum Gasteiger partial charge on any atom is -0.451 e. The van der Waals surface area contributed by atoms with Crippen molar-refractivity contribution >= 4 is 33.7 Å². The van der Waals surface area contributed by atoms with Crippen LogP contribution in [0.3, 0.4) is 0 Å². The number of benzene rings is 2. The molecule has 5 nitrogen and oxygen atoms in total. The van der Waals surface area contributed by atoms with Crippen LogP contribution in [0.2, 0.25) is 0 Å². The first-order valence-electron chi connectivity index (χ1n) is 6.86. The van der Waals surface area contributed by atoms with E-state index < -0.39 is 0 Å². The number of oxazole rings is 1. The maximum atomic E-state index is 12.3. The average molecular weight is 292 g/mol. The zero-order valence-corrected chi connectivity index (χ0v) is 11.8. The van der Waals surface area contributed by atoms with E-state index in [4.69, 9.17) is 8.83 Å². The van der Waals surface area contributed by atoms with E-state index in [0.717, 1.165) is 10.9 Å². The molecule has 0 aliphatic rings. The number of rotatable bonds is 2. The van der Waals surface area contributed by atoms with Gasteiger partial charge in [0.05, 0.1) is 0 Å². The van der Waals surface area contributed by atoms with E-state index in [0.29, 0.717) is 22.7 Å². The lowest BCUT2D eigenvalue weighted by atomic mass is 10.2. The maximum absolute atomic E-state index is 12.3. The standard InChI is InChI=1S/C17H12N2O3/c1-10-18-13-7-6-12(9-15(13)21-10)19-17(20)16-8-11-4-2-3-5-14(11)22-16/h2-9H,1H3,(H,19,20). The summed E-state index contributed by atoms with van der Waals surface area (Å²) in [4.78, 5) is 16.5. The summed E-state index contributed by atoms with van der Waals surface area (Å²) in [6, 6.07) is 14.6. The van der Waals surface area contributed by atoms with E-state index in [1.54, 1.807) is 31.2 Å². The Morgan fingerprint density at radius 3 is 2.77 bits per heavy atom. The molecule has 0 unspecified atom stereocenters. The van der Waals surface area contributed by atoms with Crippen LogP contribution in [-0.4, -0.2) is 10.9 Å². The molecule has 2 aromatic carbocycles. The zero-order chi connectivity index (χ0) is 15.1. The Hall–Kier alpha value is -3.08. The fourth-order valence-electron chi connectivity index (χ4n) is 2.40. The number of furan rings is 1. The lowest BCUT2D eigenvalue weighted by Crippen LogP contribution is -2.10.